The molecule has 0 bridgehead atoms. The van der Waals surface area contributed by atoms with E-state index < -0.39 is 15.0 Å². The number of fused-ring (bicyclic) bond motifs is 3. The van der Waals surface area contributed by atoms with Crippen molar-refractivity contribution in [3.05, 3.63) is 72.5 Å². The molecule has 0 spiro atoms. The molecule has 1 aromatic heterocycles. The summed E-state index contributed by atoms with van der Waals surface area (Å²) in [6.07, 6.45) is 0. The van der Waals surface area contributed by atoms with Gasteiger partial charge < -0.3 is 15.2 Å². The van der Waals surface area contributed by atoms with Gasteiger partial charge in [0.05, 0.1) is 21.4 Å². The van der Waals surface area contributed by atoms with Gasteiger partial charge >= 0.3 is 0 Å². The van der Waals surface area contributed by atoms with Crippen molar-refractivity contribution in [2.75, 3.05) is 0 Å². The standard InChI is InChI=1S/C23H15FN2O5S/c24-15-5-1-12(2-6-15)13-3-7-17(19(27)10-13)23-25-18-8-4-14-9-16(32(29,30)31)11-20(28)21(14)22(18)26-23/h1-11,27-28H,(H,25,26)(H,29,30,31). The van der Waals surface area contributed by atoms with Crippen LogP contribution in [0.1, 0.15) is 0 Å². The Morgan fingerprint density at radius 1 is 0.844 bits per heavy atom. The van der Waals surface area contributed by atoms with Gasteiger partial charge in [-0.25, -0.2) is 9.37 Å². The summed E-state index contributed by atoms with van der Waals surface area (Å²) in [6, 6.07) is 16.3. The van der Waals surface area contributed by atoms with Crippen molar-refractivity contribution in [3.8, 4) is 34.0 Å². The molecule has 4 N–H and O–H groups in total. The minimum atomic E-state index is -4.48. The third kappa shape index (κ3) is 3.33. The maximum Gasteiger partial charge on any atom is 0.294 e. The van der Waals surface area contributed by atoms with Gasteiger partial charge in [-0.05, 0) is 52.9 Å². The monoisotopic (exact) mass is 450 g/mol. The minimum Gasteiger partial charge on any atom is -0.507 e. The molecular formula is C23H15FN2O5S. The zero-order chi connectivity index (χ0) is 22.6. The van der Waals surface area contributed by atoms with E-state index in [1.807, 2.05) is 0 Å². The number of rotatable bonds is 3. The van der Waals surface area contributed by atoms with Gasteiger partial charge in [-0.2, -0.15) is 8.42 Å². The molecule has 160 valence electrons. The van der Waals surface area contributed by atoms with Gasteiger partial charge in [0.2, 0.25) is 0 Å². The Morgan fingerprint density at radius 2 is 1.56 bits per heavy atom. The summed E-state index contributed by atoms with van der Waals surface area (Å²) >= 11 is 0. The zero-order valence-electron chi connectivity index (χ0n) is 16.2. The van der Waals surface area contributed by atoms with Crippen molar-refractivity contribution in [1.29, 1.82) is 0 Å². The number of H-pyrrole nitrogens is 1. The number of nitrogens with zero attached hydrogens (tertiary/aromatic N) is 1. The average Bonchev–Trinajstić information content (AvgIpc) is 3.17. The average molecular weight is 450 g/mol. The Balaban J connectivity index is 1.63. The number of phenols is 2. The van der Waals surface area contributed by atoms with Crippen LogP contribution in [0.3, 0.4) is 0 Å². The summed E-state index contributed by atoms with van der Waals surface area (Å²) in [5, 5.41) is 21.7. The molecule has 1 heterocycles. The summed E-state index contributed by atoms with van der Waals surface area (Å²) < 4.78 is 45.3. The van der Waals surface area contributed by atoms with E-state index in [9.17, 15) is 27.6 Å². The lowest BCUT2D eigenvalue weighted by Gasteiger charge is -2.06. The van der Waals surface area contributed by atoms with Crippen LogP contribution < -0.4 is 0 Å². The van der Waals surface area contributed by atoms with E-state index in [-0.39, 0.29) is 17.3 Å². The predicted molar refractivity (Wildman–Crippen MR) is 118 cm³/mol. The van der Waals surface area contributed by atoms with Crippen LogP contribution >= 0.6 is 0 Å². The molecule has 7 nitrogen and oxygen atoms in total. The van der Waals surface area contributed by atoms with E-state index in [0.717, 1.165) is 11.6 Å². The first-order valence-electron chi connectivity index (χ1n) is 9.43. The molecule has 0 saturated heterocycles. The number of aromatic nitrogens is 2. The van der Waals surface area contributed by atoms with E-state index in [2.05, 4.69) is 9.97 Å². The minimum absolute atomic E-state index is 0.0481. The van der Waals surface area contributed by atoms with Gasteiger partial charge in [0.25, 0.3) is 10.1 Å². The molecule has 0 unspecified atom stereocenters. The van der Waals surface area contributed by atoms with Crippen molar-refractivity contribution in [1.82, 2.24) is 9.97 Å². The van der Waals surface area contributed by atoms with Crippen LogP contribution in [-0.2, 0) is 10.1 Å². The third-order valence-corrected chi connectivity index (χ3v) is 6.08. The summed E-state index contributed by atoms with van der Waals surface area (Å²) in [7, 11) is -4.48. The highest BCUT2D eigenvalue weighted by Crippen LogP contribution is 2.37. The highest BCUT2D eigenvalue weighted by molar-refractivity contribution is 7.85. The number of halogens is 1. The highest BCUT2D eigenvalue weighted by atomic mass is 32.2. The first kappa shape index (κ1) is 20.0. The van der Waals surface area contributed by atoms with E-state index >= 15 is 0 Å². The summed E-state index contributed by atoms with van der Waals surface area (Å²) in [6.45, 7) is 0. The van der Waals surface area contributed by atoms with E-state index in [4.69, 9.17) is 0 Å². The summed E-state index contributed by atoms with van der Waals surface area (Å²) in [4.78, 5) is 7.16. The van der Waals surface area contributed by atoms with Gasteiger partial charge in [-0.15, -0.1) is 0 Å². The largest absolute Gasteiger partial charge is 0.507 e. The maximum absolute atomic E-state index is 13.2. The molecule has 0 fully saturated rings. The molecule has 0 radical (unpaired) electrons. The SMILES string of the molecule is O=S(=O)(O)c1cc(O)c2c(ccc3[nH]c(-c4ccc(-c5ccc(F)cc5)cc4O)nc32)c1. The van der Waals surface area contributed by atoms with Crippen molar-refractivity contribution in [2.24, 2.45) is 0 Å². The van der Waals surface area contributed by atoms with Crippen molar-refractivity contribution in [3.63, 3.8) is 0 Å². The van der Waals surface area contributed by atoms with Gasteiger partial charge in [0.15, 0.2) is 0 Å². The molecular weight excluding hydrogens is 435 g/mol. The second-order valence-corrected chi connectivity index (χ2v) is 8.72. The smallest absolute Gasteiger partial charge is 0.294 e. The van der Waals surface area contributed by atoms with E-state index in [1.54, 1.807) is 42.5 Å². The first-order chi connectivity index (χ1) is 15.2. The Morgan fingerprint density at radius 3 is 2.25 bits per heavy atom. The molecule has 9 heteroatoms. The fourth-order valence-electron chi connectivity index (χ4n) is 3.71. The molecule has 0 saturated carbocycles. The molecule has 0 amide bonds. The molecule has 4 aromatic carbocycles. The van der Waals surface area contributed by atoms with Crippen molar-refractivity contribution in [2.45, 2.75) is 4.90 Å². The van der Waals surface area contributed by atoms with Crippen LogP contribution in [0.4, 0.5) is 4.39 Å². The number of aromatic hydroxyl groups is 2. The second kappa shape index (κ2) is 7.04. The lowest BCUT2D eigenvalue weighted by atomic mass is 10.0. The van der Waals surface area contributed by atoms with E-state index in [0.29, 0.717) is 38.8 Å². The molecule has 5 rings (SSSR count). The zero-order valence-corrected chi connectivity index (χ0v) is 17.1. The summed E-state index contributed by atoms with van der Waals surface area (Å²) in [5.74, 6) is -0.410. The molecule has 0 aliphatic carbocycles. The number of benzene rings is 4. The van der Waals surface area contributed by atoms with Crippen LogP contribution in [0.25, 0.3) is 44.3 Å². The Kier molecular flexibility index (Phi) is 4.40. The quantitative estimate of drug-likeness (QED) is 0.292. The van der Waals surface area contributed by atoms with E-state index in [1.165, 1.54) is 18.2 Å². The fraction of sp³-hybridized carbons (Fsp3) is 0. The Hall–Kier alpha value is -3.95. The summed E-state index contributed by atoms with van der Waals surface area (Å²) in [5.41, 5.74) is 2.78. The normalized spacial score (nSPS) is 11.9. The van der Waals surface area contributed by atoms with Crippen molar-refractivity contribution < 1.29 is 27.6 Å². The number of hydrogen-bond donors (Lipinski definition) is 4. The highest BCUT2D eigenvalue weighted by Gasteiger charge is 2.18. The Labute approximate surface area is 181 Å². The number of hydrogen-bond acceptors (Lipinski definition) is 5. The number of imidazole rings is 1. The van der Waals surface area contributed by atoms with Gasteiger partial charge in [-0.3, -0.25) is 4.55 Å². The topological polar surface area (TPSA) is 124 Å². The van der Waals surface area contributed by atoms with Crippen molar-refractivity contribution >= 4 is 31.9 Å². The van der Waals surface area contributed by atoms with Crippen LogP contribution in [0, 0.1) is 5.82 Å². The lowest BCUT2D eigenvalue weighted by molar-refractivity contribution is 0.471. The molecule has 0 atom stereocenters. The molecule has 32 heavy (non-hydrogen) atoms. The van der Waals surface area contributed by atoms with Crippen LogP contribution in [-0.4, -0.2) is 33.2 Å². The lowest BCUT2D eigenvalue weighted by Crippen LogP contribution is -1.97. The predicted octanol–water partition coefficient (Wildman–Crippen LogP) is 4.85. The Bertz CT molecular complexity index is 1630. The number of phenolic OH excluding ortho intramolecular Hbond substituents is 2. The third-order valence-electron chi connectivity index (χ3n) is 5.25. The van der Waals surface area contributed by atoms with Gasteiger partial charge in [-0.1, -0.05) is 24.3 Å². The van der Waals surface area contributed by atoms with Crippen LogP contribution in [0.2, 0.25) is 0 Å². The number of nitrogens with one attached hydrogen (secondary N) is 1. The first-order valence-corrected chi connectivity index (χ1v) is 10.9. The second-order valence-electron chi connectivity index (χ2n) is 7.30. The molecule has 0 aliphatic rings. The maximum atomic E-state index is 13.2. The van der Waals surface area contributed by atoms with Gasteiger partial charge in [0, 0.05) is 6.07 Å². The molecule has 5 aromatic rings. The van der Waals surface area contributed by atoms with Crippen LogP contribution in [0.15, 0.2) is 71.6 Å². The fourth-order valence-corrected chi connectivity index (χ4v) is 4.25. The van der Waals surface area contributed by atoms with Gasteiger partial charge in [0.1, 0.15) is 28.7 Å². The van der Waals surface area contributed by atoms with Crippen LogP contribution in [0.5, 0.6) is 11.5 Å². The number of aromatic amines is 1. The molecule has 0 aliphatic heterocycles.